The third-order valence-electron chi connectivity index (χ3n) is 3.00. The molecule has 0 spiro atoms. The van der Waals surface area contributed by atoms with E-state index in [-0.39, 0.29) is 24.0 Å². The highest BCUT2D eigenvalue weighted by molar-refractivity contribution is 6.42. The first kappa shape index (κ1) is 16.3. The van der Waals surface area contributed by atoms with Crippen LogP contribution in [0, 0.1) is 5.92 Å². The minimum Gasteiger partial charge on any atom is -0.468 e. The van der Waals surface area contributed by atoms with Gasteiger partial charge in [0.15, 0.2) is 0 Å². The van der Waals surface area contributed by atoms with Crippen molar-refractivity contribution in [1.29, 1.82) is 0 Å². The predicted octanol–water partition coefficient (Wildman–Crippen LogP) is 3.84. The molecule has 0 saturated carbocycles. The number of esters is 1. The van der Waals surface area contributed by atoms with Gasteiger partial charge in [-0.15, -0.1) is 0 Å². The van der Waals surface area contributed by atoms with Crippen LogP contribution in [0.1, 0.15) is 32.4 Å². The zero-order valence-electron chi connectivity index (χ0n) is 11.5. The fourth-order valence-electron chi connectivity index (χ4n) is 1.87. The van der Waals surface area contributed by atoms with Crippen molar-refractivity contribution in [1.82, 2.24) is 5.32 Å². The van der Waals surface area contributed by atoms with Gasteiger partial charge < -0.3 is 4.74 Å². The Labute approximate surface area is 124 Å². The summed E-state index contributed by atoms with van der Waals surface area (Å²) in [5, 5.41) is 4.25. The summed E-state index contributed by atoms with van der Waals surface area (Å²) in [4.78, 5) is 11.7. The molecule has 1 N–H and O–H groups in total. The summed E-state index contributed by atoms with van der Waals surface area (Å²) in [6.45, 7) is 5.86. The van der Waals surface area contributed by atoms with Crippen LogP contribution in [0.5, 0.6) is 0 Å². The Balaban J connectivity index is 2.91. The van der Waals surface area contributed by atoms with E-state index in [9.17, 15) is 4.79 Å². The van der Waals surface area contributed by atoms with Crippen molar-refractivity contribution in [2.45, 2.75) is 32.9 Å². The fourth-order valence-corrected chi connectivity index (χ4v) is 2.35. The lowest BCUT2D eigenvalue weighted by atomic mass is 10.0. The number of benzene rings is 1. The van der Waals surface area contributed by atoms with Gasteiger partial charge in [0, 0.05) is 6.04 Å². The summed E-state index contributed by atoms with van der Waals surface area (Å²) in [5.74, 6) is -0.159. The number of carbonyl (C=O) groups is 1. The molecule has 0 aliphatic heterocycles. The Morgan fingerprint density at radius 1 is 1.26 bits per heavy atom. The largest absolute Gasteiger partial charge is 0.468 e. The molecule has 0 radical (unpaired) electrons. The van der Waals surface area contributed by atoms with E-state index in [2.05, 4.69) is 5.32 Å². The Morgan fingerprint density at radius 3 is 2.42 bits per heavy atom. The zero-order valence-corrected chi connectivity index (χ0v) is 13.0. The van der Waals surface area contributed by atoms with Crippen LogP contribution in [0.2, 0.25) is 10.0 Å². The quantitative estimate of drug-likeness (QED) is 0.840. The second-order valence-electron chi connectivity index (χ2n) is 4.78. The minimum atomic E-state index is -0.380. The lowest BCUT2D eigenvalue weighted by Crippen LogP contribution is -2.43. The lowest BCUT2D eigenvalue weighted by molar-refractivity contribution is -0.144. The third kappa shape index (κ3) is 4.10. The van der Waals surface area contributed by atoms with E-state index in [0.717, 1.165) is 5.56 Å². The zero-order chi connectivity index (χ0) is 14.6. The van der Waals surface area contributed by atoms with Crippen molar-refractivity contribution in [2.24, 2.45) is 5.92 Å². The summed E-state index contributed by atoms with van der Waals surface area (Å²) >= 11 is 12.2. The van der Waals surface area contributed by atoms with Gasteiger partial charge in [-0.25, -0.2) is 0 Å². The van der Waals surface area contributed by atoms with Gasteiger partial charge in [0.2, 0.25) is 0 Å². The van der Waals surface area contributed by atoms with Crippen LogP contribution in [0.25, 0.3) is 0 Å². The van der Waals surface area contributed by atoms with Crippen molar-refractivity contribution >= 4 is 29.2 Å². The lowest BCUT2D eigenvalue weighted by Gasteiger charge is -2.25. The number of hydrogen-bond acceptors (Lipinski definition) is 3. The average molecular weight is 304 g/mol. The van der Waals surface area contributed by atoms with Crippen LogP contribution in [0.15, 0.2) is 18.2 Å². The SMILES string of the molecule is COC(=O)C(NC(C)c1cccc(Cl)c1Cl)C(C)C. The third-order valence-corrected chi connectivity index (χ3v) is 3.83. The number of ether oxygens (including phenoxy) is 1. The Bertz CT molecular complexity index is 449. The van der Waals surface area contributed by atoms with Gasteiger partial charge in [-0.1, -0.05) is 49.2 Å². The van der Waals surface area contributed by atoms with Crippen molar-refractivity contribution in [3.63, 3.8) is 0 Å². The van der Waals surface area contributed by atoms with Crippen molar-refractivity contribution in [2.75, 3.05) is 7.11 Å². The minimum absolute atomic E-state index is 0.0994. The summed E-state index contributed by atoms with van der Waals surface area (Å²) in [7, 11) is 1.39. The molecule has 19 heavy (non-hydrogen) atoms. The van der Waals surface area contributed by atoms with Gasteiger partial charge in [0.1, 0.15) is 6.04 Å². The molecule has 2 unspecified atom stereocenters. The molecule has 0 aromatic heterocycles. The van der Waals surface area contributed by atoms with Gasteiger partial charge in [0.25, 0.3) is 0 Å². The topological polar surface area (TPSA) is 38.3 Å². The van der Waals surface area contributed by atoms with E-state index in [1.165, 1.54) is 7.11 Å². The molecule has 0 fully saturated rings. The van der Waals surface area contributed by atoms with Crippen molar-refractivity contribution < 1.29 is 9.53 Å². The van der Waals surface area contributed by atoms with Crippen molar-refractivity contribution in [3.8, 4) is 0 Å². The molecule has 0 amide bonds. The Hall–Kier alpha value is -0.770. The van der Waals surface area contributed by atoms with Crippen molar-refractivity contribution in [3.05, 3.63) is 33.8 Å². The molecule has 1 aromatic carbocycles. The molecule has 0 aliphatic rings. The van der Waals surface area contributed by atoms with E-state index in [0.29, 0.717) is 10.0 Å². The second kappa shape index (κ2) is 7.13. The van der Waals surface area contributed by atoms with Crippen LogP contribution in [-0.4, -0.2) is 19.1 Å². The molecule has 0 saturated heterocycles. The maximum Gasteiger partial charge on any atom is 0.323 e. The molecule has 2 atom stereocenters. The summed E-state index contributed by atoms with van der Waals surface area (Å²) in [5.41, 5.74) is 0.865. The highest BCUT2D eigenvalue weighted by Crippen LogP contribution is 2.30. The molecular weight excluding hydrogens is 285 g/mol. The predicted molar refractivity (Wildman–Crippen MR) is 78.7 cm³/mol. The fraction of sp³-hybridized carbons (Fsp3) is 0.500. The summed E-state index contributed by atoms with van der Waals surface area (Å²) in [6, 6.07) is 4.98. The molecule has 0 aliphatic carbocycles. The number of rotatable bonds is 5. The Morgan fingerprint density at radius 2 is 1.89 bits per heavy atom. The van der Waals surface area contributed by atoms with Crippen LogP contribution in [0.3, 0.4) is 0 Å². The van der Waals surface area contributed by atoms with Gasteiger partial charge >= 0.3 is 5.97 Å². The molecule has 3 nitrogen and oxygen atoms in total. The molecular formula is C14H19Cl2NO2. The maximum atomic E-state index is 11.7. The number of halogens is 2. The molecule has 106 valence electrons. The molecule has 0 bridgehead atoms. The number of carbonyl (C=O) groups excluding carboxylic acids is 1. The molecule has 0 heterocycles. The molecule has 1 rings (SSSR count). The first-order chi connectivity index (χ1) is 8.88. The van der Waals surface area contributed by atoms with Gasteiger partial charge in [-0.3, -0.25) is 10.1 Å². The highest BCUT2D eigenvalue weighted by Gasteiger charge is 2.25. The average Bonchev–Trinajstić information content (AvgIpc) is 2.37. The number of methoxy groups -OCH3 is 1. The first-order valence-corrected chi connectivity index (χ1v) is 6.91. The van der Waals surface area contributed by atoms with E-state index in [1.807, 2.05) is 32.9 Å². The Kier molecular flexibility index (Phi) is 6.11. The van der Waals surface area contributed by atoms with Gasteiger partial charge in [-0.05, 0) is 24.5 Å². The molecule has 5 heteroatoms. The highest BCUT2D eigenvalue weighted by atomic mass is 35.5. The maximum absolute atomic E-state index is 11.7. The van der Waals surface area contributed by atoms with Gasteiger partial charge in [-0.2, -0.15) is 0 Å². The monoisotopic (exact) mass is 303 g/mol. The summed E-state index contributed by atoms with van der Waals surface area (Å²) in [6.07, 6.45) is 0. The van der Waals surface area contributed by atoms with E-state index in [4.69, 9.17) is 27.9 Å². The smallest absolute Gasteiger partial charge is 0.323 e. The number of hydrogen-bond donors (Lipinski definition) is 1. The van der Waals surface area contributed by atoms with E-state index in [1.54, 1.807) is 6.07 Å². The van der Waals surface area contributed by atoms with Crippen LogP contribution < -0.4 is 5.32 Å². The first-order valence-electron chi connectivity index (χ1n) is 6.16. The van der Waals surface area contributed by atoms with Crippen LogP contribution in [-0.2, 0) is 9.53 Å². The van der Waals surface area contributed by atoms with E-state index >= 15 is 0 Å². The van der Waals surface area contributed by atoms with E-state index < -0.39 is 0 Å². The number of nitrogens with one attached hydrogen (secondary N) is 1. The summed E-state index contributed by atoms with van der Waals surface area (Å²) < 4.78 is 4.80. The standard InChI is InChI=1S/C14H19Cl2NO2/c1-8(2)13(14(18)19-4)17-9(3)10-6-5-7-11(15)12(10)16/h5-9,13,17H,1-4H3. The molecule has 1 aromatic rings. The van der Waals surface area contributed by atoms with Crippen LogP contribution in [0.4, 0.5) is 0 Å². The van der Waals surface area contributed by atoms with Crippen LogP contribution >= 0.6 is 23.2 Å². The second-order valence-corrected chi connectivity index (χ2v) is 5.56. The van der Waals surface area contributed by atoms with Gasteiger partial charge in [0.05, 0.1) is 17.2 Å². The normalized spacial score (nSPS) is 14.3.